The smallest absolute Gasteiger partial charge is 0.477 e. The molecule has 4 N–H and O–H groups in total. The van der Waals surface area contributed by atoms with Crippen LogP contribution >= 0.6 is 11.6 Å². The third kappa shape index (κ3) is 6.24. The average molecular weight is 492 g/mol. The molecule has 1 saturated heterocycles. The van der Waals surface area contributed by atoms with Crippen molar-refractivity contribution < 1.29 is 32.5 Å². The van der Waals surface area contributed by atoms with Crippen LogP contribution in [-0.4, -0.2) is 74.9 Å². The summed E-state index contributed by atoms with van der Waals surface area (Å²) < 4.78 is 44.9. The highest BCUT2D eigenvalue weighted by molar-refractivity contribution is 6.35. The summed E-state index contributed by atoms with van der Waals surface area (Å²) in [4.78, 5) is 20.9. The Morgan fingerprint density at radius 3 is 2.73 bits per heavy atom. The third-order valence-electron chi connectivity index (χ3n) is 4.67. The van der Waals surface area contributed by atoms with E-state index >= 15 is 0 Å². The molecule has 0 bridgehead atoms. The number of aryl methyl sites for hydroxylation is 1. The number of nitrogens with one attached hydrogen (secondary N) is 3. The maximum atomic E-state index is 10.6. The number of hydrogen-bond donors (Lipinski definition) is 4. The Morgan fingerprint density at radius 2 is 2.12 bits per heavy atom. The van der Waals surface area contributed by atoms with Gasteiger partial charge in [0.25, 0.3) is 0 Å². The van der Waals surface area contributed by atoms with E-state index in [4.69, 9.17) is 31.0 Å². The van der Waals surface area contributed by atoms with Crippen LogP contribution < -0.4 is 15.4 Å². The summed E-state index contributed by atoms with van der Waals surface area (Å²) in [6, 6.07) is 0. The van der Waals surface area contributed by atoms with Gasteiger partial charge in [0.15, 0.2) is 0 Å². The first-order valence-corrected chi connectivity index (χ1v) is 9.93. The van der Waals surface area contributed by atoms with Crippen molar-refractivity contribution in [1.82, 2.24) is 30.0 Å². The lowest BCUT2D eigenvalue weighted by atomic mass is 10.1. The Labute approximate surface area is 190 Å². The zero-order valence-corrected chi connectivity index (χ0v) is 18.2. The number of H-pyrrole nitrogens is 1. The number of rotatable bonds is 6. The van der Waals surface area contributed by atoms with E-state index in [0.717, 1.165) is 18.8 Å². The van der Waals surface area contributed by atoms with Crippen LogP contribution in [0, 0.1) is 5.92 Å². The number of alkyl halides is 3. The van der Waals surface area contributed by atoms with E-state index in [1.807, 2.05) is 13.2 Å². The summed E-state index contributed by atoms with van der Waals surface area (Å²) in [5.74, 6) is -1.66. The molecule has 3 aromatic heterocycles. The SMILES string of the molecule is CO[C@H]1CNC[C@@H]1COc1nc(Nc2cnn(C)c2)nc2[nH]cc(Cl)c12.O=C(O)C(F)(F)F. The predicted octanol–water partition coefficient (Wildman–Crippen LogP) is 2.33. The minimum atomic E-state index is -5.08. The van der Waals surface area contributed by atoms with Crippen molar-refractivity contribution in [2.24, 2.45) is 13.0 Å². The van der Waals surface area contributed by atoms with Gasteiger partial charge >= 0.3 is 12.1 Å². The van der Waals surface area contributed by atoms with Gasteiger partial charge in [-0.05, 0) is 0 Å². The molecular formula is C18H21ClF3N7O4. The number of halogens is 4. The quantitative estimate of drug-likeness (QED) is 0.409. The van der Waals surface area contributed by atoms with Gasteiger partial charge in [-0.25, -0.2) is 4.79 Å². The lowest BCUT2D eigenvalue weighted by Crippen LogP contribution is -2.26. The second-order valence-corrected chi connectivity index (χ2v) is 7.45. The van der Waals surface area contributed by atoms with Crippen LogP contribution in [0.5, 0.6) is 5.88 Å². The van der Waals surface area contributed by atoms with E-state index in [2.05, 4.69) is 30.7 Å². The van der Waals surface area contributed by atoms with Gasteiger partial charge < -0.3 is 30.2 Å². The molecule has 0 amide bonds. The lowest BCUT2D eigenvalue weighted by molar-refractivity contribution is -0.192. The summed E-state index contributed by atoms with van der Waals surface area (Å²) in [5.41, 5.74) is 1.40. The number of nitrogens with zero attached hydrogens (tertiary/aromatic N) is 4. The topological polar surface area (TPSA) is 139 Å². The third-order valence-corrected chi connectivity index (χ3v) is 4.97. The van der Waals surface area contributed by atoms with E-state index in [1.165, 1.54) is 0 Å². The van der Waals surface area contributed by atoms with Gasteiger partial charge in [0.1, 0.15) is 5.65 Å². The Bertz CT molecular complexity index is 1100. The van der Waals surface area contributed by atoms with Crippen LogP contribution in [0.2, 0.25) is 5.02 Å². The summed E-state index contributed by atoms with van der Waals surface area (Å²) in [7, 11) is 3.56. The normalized spacial score (nSPS) is 18.1. The minimum Gasteiger partial charge on any atom is -0.477 e. The van der Waals surface area contributed by atoms with Crippen LogP contribution in [0.4, 0.5) is 24.8 Å². The van der Waals surface area contributed by atoms with Crippen molar-refractivity contribution in [2.75, 3.05) is 32.1 Å². The Balaban J connectivity index is 0.000000383. The fourth-order valence-electron chi connectivity index (χ4n) is 3.08. The van der Waals surface area contributed by atoms with Gasteiger partial charge in [-0.3, -0.25) is 4.68 Å². The molecule has 1 aliphatic heterocycles. The molecule has 0 spiro atoms. The Kier molecular flexibility index (Phi) is 7.61. The second-order valence-electron chi connectivity index (χ2n) is 7.05. The Morgan fingerprint density at radius 1 is 1.39 bits per heavy atom. The highest BCUT2D eigenvalue weighted by Gasteiger charge is 2.38. The molecule has 11 nitrogen and oxygen atoms in total. The van der Waals surface area contributed by atoms with Crippen LogP contribution in [0.25, 0.3) is 11.0 Å². The average Bonchev–Trinajstić information content (AvgIpc) is 3.46. The summed E-state index contributed by atoms with van der Waals surface area (Å²) in [5, 5.41) is 18.9. The fourth-order valence-corrected chi connectivity index (χ4v) is 3.30. The first kappa shape index (κ1) is 24.5. The fraction of sp³-hybridized carbons (Fsp3) is 0.444. The van der Waals surface area contributed by atoms with E-state index in [9.17, 15) is 13.2 Å². The predicted molar refractivity (Wildman–Crippen MR) is 112 cm³/mol. The van der Waals surface area contributed by atoms with Crippen molar-refractivity contribution in [1.29, 1.82) is 0 Å². The van der Waals surface area contributed by atoms with Gasteiger partial charge in [0.05, 0.1) is 35.0 Å². The van der Waals surface area contributed by atoms with E-state index in [-0.39, 0.29) is 12.0 Å². The highest BCUT2D eigenvalue weighted by Crippen LogP contribution is 2.32. The van der Waals surface area contributed by atoms with E-state index in [1.54, 1.807) is 24.2 Å². The number of carbonyl (C=O) groups is 1. The molecule has 3 aromatic rings. The molecule has 0 radical (unpaired) electrons. The molecule has 180 valence electrons. The van der Waals surface area contributed by atoms with E-state index in [0.29, 0.717) is 34.5 Å². The van der Waals surface area contributed by atoms with Crippen molar-refractivity contribution in [2.45, 2.75) is 12.3 Å². The highest BCUT2D eigenvalue weighted by atomic mass is 35.5. The van der Waals surface area contributed by atoms with Crippen LogP contribution in [0.15, 0.2) is 18.6 Å². The monoisotopic (exact) mass is 491 g/mol. The minimum absolute atomic E-state index is 0.127. The first-order valence-electron chi connectivity index (χ1n) is 9.55. The second kappa shape index (κ2) is 10.2. The first-order chi connectivity index (χ1) is 15.6. The molecule has 0 unspecified atom stereocenters. The van der Waals surface area contributed by atoms with Gasteiger partial charge in [-0.1, -0.05) is 11.6 Å². The molecule has 0 aliphatic carbocycles. The molecule has 15 heteroatoms. The molecular weight excluding hydrogens is 471 g/mol. The summed E-state index contributed by atoms with van der Waals surface area (Å²) in [6.45, 7) is 2.14. The summed E-state index contributed by atoms with van der Waals surface area (Å²) in [6.07, 6.45) is 0.255. The van der Waals surface area contributed by atoms with Gasteiger partial charge in [-0.15, -0.1) is 0 Å². The number of carboxylic acid groups (broad SMARTS) is 1. The number of ether oxygens (including phenoxy) is 2. The number of fused-ring (bicyclic) bond motifs is 1. The number of anilines is 2. The van der Waals surface area contributed by atoms with Gasteiger partial charge in [-0.2, -0.15) is 28.2 Å². The van der Waals surface area contributed by atoms with Gasteiger partial charge in [0, 0.05) is 45.6 Å². The molecule has 33 heavy (non-hydrogen) atoms. The molecule has 2 atom stereocenters. The molecule has 0 saturated carbocycles. The summed E-state index contributed by atoms with van der Waals surface area (Å²) >= 11 is 6.28. The molecule has 1 fully saturated rings. The van der Waals surface area contributed by atoms with Crippen molar-refractivity contribution in [3.05, 3.63) is 23.6 Å². The van der Waals surface area contributed by atoms with Crippen molar-refractivity contribution in [3.8, 4) is 5.88 Å². The maximum absolute atomic E-state index is 10.6. The van der Waals surface area contributed by atoms with Crippen LogP contribution in [0.1, 0.15) is 0 Å². The molecule has 0 aromatic carbocycles. The van der Waals surface area contributed by atoms with E-state index < -0.39 is 12.1 Å². The number of methoxy groups -OCH3 is 1. The number of aromatic amines is 1. The number of hydrogen-bond acceptors (Lipinski definition) is 8. The van der Waals surface area contributed by atoms with Crippen LogP contribution in [0.3, 0.4) is 0 Å². The zero-order chi connectivity index (χ0) is 24.2. The van der Waals surface area contributed by atoms with Crippen molar-refractivity contribution in [3.63, 3.8) is 0 Å². The lowest BCUT2D eigenvalue weighted by Gasteiger charge is -2.17. The van der Waals surface area contributed by atoms with Gasteiger partial charge in [0.2, 0.25) is 11.8 Å². The maximum Gasteiger partial charge on any atom is 0.490 e. The number of carboxylic acids is 1. The van der Waals surface area contributed by atoms with Crippen LogP contribution in [-0.2, 0) is 16.6 Å². The molecule has 4 rings (SSSR count). The number of aromatic nitrogens is 5. The van der Waals surface area contributed by atoms with Crippen molar-refractivity contribution >= 4 is 40.2 Å². The zero-order valence-electron chi connectivity index (χ0n) is 17.5. The largest absolute Gasteiger partial charge is 0.490 e. The molecule has 1 aliphatic rings. The molecule has 4 heterocycles. The Hall–Kier alpha value is -3.10. The standard InChI is InChI=1S/C16H20ClN7O2.C2HF3O2/c1-24-7-10(4-20-24)21-16-22-14-13(11(17)5-19-14)15(23-16)26-8-9-3-18-6-12(9)25-2;3-2(4,5)1(6)7/h4-5,7,9,12,18H,3,6,8H2,1-2H3,(H2,19,21,22,23);(H,6,7)/t9-,12+;/m1./s1. The number of aliphatic carboxylic acids is 1.